The van der Waals surface area contributed by atoms with Crippen LogP contribution in [0.1, 0.15) is 58.8 Å². The van der Waals surface area contributed by atoms with Gasteiger partial charge in [0.15, 0.2) is 0 Å². The van der Waals surface area contributed by atoms with Crippen molar-refractivity contribution in [1.29, 1.82) is 0 Å². The van der Waals surface area contributed by atoms with Crippen LogP contribution in [0, 0.1) is 11.8 Å². The summed E-state index contributed by atoms with van der Waals surface area (Å²) in [5.41, 5.74) is 0. The van der Waals surface area contributed by atoms with Gasteiger partial charge in [-0.05, 0) is 44.2 Å². The molecule has 1 aliphatic heterocycles. The van der Waals surface area contributed by atoms with Gasteiger partial charge in [0, 0.05) is 6.54 Å². The van der Waals surface area contributed by atoms with Crippen molar-refractivity contribution in [3.63, 3.8) is 0 Å². The molecule has 0 aromatic carbocycles. The first-order valence-electron chi connectivity index (χ1n) is 8.17. The molecule has 0 aromatic heterocycles. The highest BCUT2D eigenvalue weighted by Crippen LogP contribution is 2.13. The fourth-order valence-electron chi connectivity index (χ4n) is 2.68. The van der Waals surface area contributed by atoms with E-state index in [1.165, 1.54) is 19.3 Å². The molecule has 1 fully saturated rings. The number of hydrogen-bond donors (Lipinski definition) is 2. The van der Waals surface area contributed by atoms with E-state index in [2.05, 4.69) is 23.9 Å². The third-order valence-electron chi connectivity index (χ3n) is 3.94. The standard InChI is InChI=1S/C15H32N2O2S/c1-14(2)7-5-3-4-6-10-17-20(18,19)13-15-8-11-16-12-9-15/h14-17H,3-13H2,1-2H3. The van der Waals surface area contributed by atoms with Gasteiger partial charge < -0.3 is 5.32 Å². The van der Waals surface area contributed by atoms with E-state index >= 15 is 0 Å². The predicted molar refractivity (Wildman–Crippen MR) is 85.3 cm³/mol. The fourth-order valence-corrected chi connectivity index (χ4v) is 4.20. The van der Waals surface area contributed by atoms with Crippen LogP contribution in [0.2, 0.25) is 0 Å². The maximum atomic E-state index is 11.9. The zero-order valence-electron chi connectivity index (χ0n) is 13.2. The molecule has 0 saturated carbocycles. The van der Waals surface area contributed by atoms with E-state index in [9.17, 15) is 8.42 Å². The Morgan fingerprint density at radius 3 is 2.40 bits per heavy atom. The van der Waals surface area contributed by atoms with Gasteiger partial charge >= 0.3 is 0 Å². The predicted octanol–water partition coefficient (Wildman–Crippen LogP) is 2.51. The molecule has 4 nitrogen and oxygen atoms in total. The Morgan fingerprint density at radius 2 is 1.75 bits per heavy atom. The average molecular weight is 305 g/mol. The number of nitrogens with one attached hydrogen (secondary N) is 2. The summed E-state index contributed by atoms with van der Waals surface area (Å²) in [4.78, 5) is 0. The minimum atomic E-state index is -3.07. The lowest BCUT2D eigenvalue weighted by atomic mass is 10.0. The molecule has 1 saturated heterocycles. The summed E-state index contributed by atoms with van der Waals surface area (Å²) >= 11 is 0. The van der Waals surface area contributed by atoms with Crippen molar-refractivity contribution in [2.24, 2.45) is 11.8 Å². The normalized spacial score (nSPS) is 17.8. The van der Waals surface area contributed by atoms with E-state index in [4.69, 9.17) is 0 Å². The molecule has 120 valence electrons. The third-order valence-corrected chi connectivity index (χ3v) is 5.50. The largest absolute Gasteiger partial charge is 0.317 e. The molecule has 1 rings (SSSR count). The van der Waals surface area contributed by atoms with E-state index in [0.717, 1.165) is 44.7 Å². The second-order valence-electron chi connectivity index (χ2n) is 6.47. The van der Waals surface area contributed by atoms with Crippen molar-refractivity contribution >= 4 is 10.0 Å². The minimum absolute atomic E-state index is 0.308. The van der Waals surface area contributed by atoms with Crippen molar-refractivity contribution in [3.8, 4) is 0 Å². The summed E-state index contributed by atoms with van der Waals surface area (Å²) in [6, 6.07) is 0. The van der Waals surface area contributed by atoms with Gasteiger partial charge in [-0.2, -0.15) is 0 Å². The second kappa shape index (κ2) is 9.74. The Balaban J connectivity index is 2.04. The van der Waals surface area contributed by atoms with Crippen molar-refractivity contribution in [2.75, 3.05) is 25.4 Å². The molecule has 0 amide bonds. The van der Waals surface area contributed by atoms with E-state index in [1.807, 2.05) is 0 Å². The summed E-state index contributed by atoms with van der Waals surface area (Å²) in [5, 5.41) is 3.26. The lowest BCUT2D eigenvalue weighted by Crippen LogP contribution is -2.35. The number of rotatable bonds is 10. The molecule has 0 aromatic rings. The SMILES string of the molecule is CC(C)CCCCCCNS(=O)(=O)CC1CCNCC1. The molecule has 0 aliphatic carbocycles. The van der Waals surface area contributed by atoms with E-state index < -0.39 is 10.0 Å². The zero-order chi connectivity index (χ0) is 14.8. The first-order chi connectivity index (χ1) is 9.49. The average Bonchev–Trinajstić information content (AvgIpc) is 2.37. The minimum Gasteiger partial charge on any atom is -0.317 e. The van der Waals surface area contributed by atoms with Crippen molar-refractivity contribution in [2.45, 2.75) is 58.8 Å². The van der Waals surface area contributed by atoms with Crippen LogP contribution in [0.25, 0.3) is 0 Å². The molecular weight excluding hydrogens is 272 g/mol. The number of sulfonamides is 1. The molecule has 0 unspecified atom stereocenters. The van der Waals surface area contributed by atoms with Crippen molar-refractivity contribution in [3.05, 3.63) is 0 Å². The summed E-state index contributed by atoms with van der Waals surface area (Å²) in [6.07, 6.45) is 7.81. The molecule has 2 N–H and O–H groups in total. The van der Waals surface area contributed by atoms with E-state index in [1.54, 1.807) is 0 Å². The van der Waals surface area contributed by atoms with Crippen molar-refractivity contribution < 1.29 is 8.42 Å². The monoisotopic (exact) mass is 304 g/mol. The van der Waals surface area contributed by atoms with E-state index in [-0.39, 0.29) is 0 Å². The molecule has 0 bridgehead atoms. The number of unbranched alkanes of at least 4 members (excludes halogenated alkanes) is 3. The molecule has 1 heterocycles. The van der Waals surface area contributed by atoms with Gasteiger partial charge in [-0.1, -0.05) is 39.5 Å². The van der Waals surface area contributed by atoms with Crippen LogP contribution in [-0.4, -0.2) is 33.8 Å². The molecule has 0 spiro atoms. The highest BCUT2D eigenvalue weighted by atomic mass is 32.2. The second-order valence-corrected chi connectivity index (χ2v) is 8.32. The Labute approximate surface area is 125 Å². The topological polar surface area (TPSA) is 58.2 Å². The van der Waals surface area contributed by atoms with Gasteiger partial charge in [-0.3, -0.25) is 0 Å². The molecule has 5 heteroatoms. The first-order valence-corrected chi connectivity index (χ1v) is 9.83. The maximum Gasteiger partial charge on any atom is 0.211 e. The highest BCUT2D eigenvalue weighted by molar-refractivity contribution is 7.89. The molecular formula is C15H32N2O2S. The van der Waals surface area contributed by atoms with Crippen LogP contribution in [0.15, 0.2) is 0 Å². The quantitative estimate of drug-likeness (QED) is 0.610. The van der Waals surface area contributed by atoms with Gasteiger partial charge in [-0.25, -0.2) is 13.1 Å². The summed E-state index contributed by atoms with van der Waals surface area (Å²) in [6.45, 7) is 7.00. The van der Waals surface area contributed by atoms with Gasteiger partial charge in [0.25, 0.3) is 0 Å². The smallest absolute Gasteiger partial charge is 0.211 e. The van der Waals surface area contributed by atoms with Crippen LogP contribution in [0.3, 0.4) is 0 Å². The Kier molecular flexibility index (Phi) is 8.73. The fraction of sp³-hybridized carbons (Fsp3) is 1.00. The Bertz CT molecular complexity index is 336. The summed E-state index contributed by atoms with van der Waals surface area (Å²) < 4.78 is 26.6. The van der Waals surface area contributed by atoms with Crippen LogP contribution < -0.4 is 10.0 Å². The lowest BCUT2D eigenvalue weighted by molar-refractivity contribution is 0.400. The molecule has 1 aliphatic rings. The van der Waals surface area contributed by atoms with Crippen LogP contribution in [-0.2, 0) is 10.0 Å². The van der Waals surface area contributed by atoms with Gasteiger partial charge in [0.05, 0.1) is 5.75 Å². The number of piperidine rings is 1. The lowest BCUT2D eigenvalue weighted by Gasteiger charge is -2.22. The van der Waals surface area contributed by atoms with Gasteiger partial charge in [0.2, 0.25) is 10.0 Å². The van der Waals surface area contributed by atoms with Gasteiger partial charge in [0.1, 0.15) is 0 Å². The van der Waals surface area contributed by atoms with Crippen LogP contribution in [0.5, 0.6) is 0 Å². The zero-order valence-corrected chi connectivity index (χ0v) is 14.0. The molecule has 0 radical (unpaired) electrons. The first kappa shape index (κ1) is 17.9. The van der Waals surface area contributed by atoms with Crippen LogP contribution >= 0.6 is 0 Å². The van der Waals surface area contributed by atoms with Crippen LogP contribution in [0.4, 0.5) is 0 Å². The Hall–Kier alpha value is -0.130. The third kappa shape index (κ3) is 8.93. The van der Waals surface area contributed by atoms with E-state index in [0.29, 0.717) is 18.2 Å². The van der Waals surface area contributed by atoms with Crippen molar-refractivity contribution in [1.82, 2.24) is 10.0 Å². The Morgan fingerprint density at radius 1 is 1.10 bits per heavy atom. The van der Waals surface area contributed by atoms with Gasteiger partial charge in [-0.15, -0.1) is 0 Å². The summed E-state index contributed by atoms with van der Waals surface area (Å²) in [7, 11) is -3.07. The number of hydrogen-bond acceptors (Lipinski definition) is 3. The molecule has 0 atom stereocenters. The highest BCUT2D eigenvalue weighted by Gasteiger charge is 2.20. The maximum absolute atomic E-state index is 11.9. The summed E-state index contributed by atoms with van der Waals surface area (Å²) in [5.74, 6) is 1.42. The molecule has 20 heavy (non-hydrogen) atoms.